The van der Waals surface area contributed by atoms with E-state index in [0.717, 1.165) is 38.9 Å². The normalized spacial score (nSPS) is 18.3. The number of carbonyl (C=O) groups excluding carboxylic acids is 4. The molecule has 3 aromatic rings. The number of amides is 3. The highest BCUT2D eigenvalue weighted by Gasteiger charge is 2.35. The first-order valence-electron chi connectivity index (χ1n) is 20.4. The predicted molar refractivity (Wildman–Crippen MR) is 223 cm³/mol. The summed E-state index contributed by atoms with van der Waals surface area (Å²) >= 11 is 0. The van der Waals surface area contributed by atoms with Crippen molar-refractivity contribution < 1.29 is 37.1 Å². The molecule has 324 valence electrons. The highest BCUT2D eigenvalue weighted by molar-refractivity contribution is 6.01. The van der Waals surface area contributed by atoms with E-state index >= 15 is 4.39 Å². The van der Waals surface area contributed by atoms with Crippen LogP contribution in [-0.2, 0) is 14.4 Å². The van der Waals surface area contributed by atoms with Gasteiger partial charge < -0.3 is 24.8 Å². The van der Waals surface area contributed by atoms with Gasteiger partial charge in [-0.3, -0.25) is 34.8 Å². The van der Waals surface area contributed by atoms with Crippen LogP contribution >= 0.6 is 0 Å². The van der Waals surface area contributed by atoms with Crippen molar-refractivity contribution in [1.82, 2.24) is 30.6 Å². The summed E-state index contributed by atoms with van der Waals surface area (Å²) in [5.41, 5.74) is 5.47. The Bertz CT molecular complexity index is 2020. The number of hydrogen-bond donors (Lipinski definition) is 3. The minimum atomic E-state index is -3.58. The maximum Gasteiger partial charge on any atom is 0.319 e. The number of alkyl halides is 2. The van der Waals surface area contributed by atoms with Crippen LogP contribution in [0.4, 0.5) is 42.0 Å². The molecule has 0 aliphatic carbocycles. The Hall–Kier alpha value is -5.49. The lowest BCUT2D eigenvalue weighted by atomic mass is 9.90. The number of carbonyl (C=O) groups is 4. The highest BCUT2D eigenvalue weighted by Crippen LogP contribution is 2.34. The monoisotopic (exact) mass is 836 g/mol. The number of ether oxygens (including phenoxy) is 1. The average molecular weight is 837 g/mol. The topological polar surface area (TPSA) is 156 Å². The van der Waals surface area contributed by atoms with Gasteiger partial charge in [0, 0.05) is 71.4 Å². The van der Waals surface area contributed by atoms with E-state index in [-0.39, 0.29) is 48.0 Å². The smallest absolute Gasteiger partial charge is 0.319 e. The van der Waals surface area contributed by atoms with Crippen LogP contribution in [-0.4, -0.2) is 129 Å². The predicted octanol–water partition coefficient (Wildman–Crippen LogP) is 4.57. The average Bonchev–Trinajstić information content (AvgIpc) is 3.22. The molecule has 1 atom stereocenters. The molecule has 0 saturated carbocycles. The van der Waals surface area contributed by atoms with Crippen LogP contribution in [0.1, 0.15) is 67.8 Å². The van der Waals surface area contributed by atoms with Gasteiger partial charge >= 0.3 is 5.92 Å². The van der Waals surface area contributed by atoms with E-state index in [2.05, 4.69) is 30.9 Å². The Balaban J connectivity index is 0.965. The van der Waals surface area contributed by atoms with Gasteiger partial charge in [0.1, 0.15) is 11.6 Å². The number of halogens is 3. The molecule has 18 heteroatoms. The fourth-order valence-electron chi connectivity index (χ4n) is 7.90. The first kappa shape index (κ1) is 44.1. The van der Waals surface area contributed by atoms with Crippen molar-refractivity contribution in [1.29, 1.82) is 0 Å². The van der Waals surface area contributed by atoms with Crippen LogP contribution in [0.5, 0.6) is 5.75 Å². The van der Waals surface area contributed by atoms with E-state index in [4.69, 9.17) is 4.74 Å². The lowest BCUT2D eigenvalue weighted by Crippen LogP contribution is -2.48. The van der Waals surface area contributed by atoms with E-state index < -0.39 is 24.4 Å². The second-order valence-corrected chi connectivity index (χ2v) is 16.1. The van der Waals surface area contributed by atoms with E-state index in [0.29, 0.717) is 72.5 Å². The van der Waals surface area contributed by atoms with Gasteiger partial charge in [-0.2, -0.15) is 13.8 Å². The Morgan fingerprint density at radius 1 is 1.05 bits per heavy atom. The molecular formula is C42H55F3N10O5. The SMILES string of the molecule is COc1cc(C(=O)NN2CCC(CCN3CCN(c4ccc(C5CCC(=O)NC5=O)cc4F)CC3)CC2)ccc1Nc1ncc(N(C)C)c(N(CC(F)(F)C=O)C(C)C)n1. The number of imide groups is 1. The number of methoxy groups -OCH3 is 1. The van der Waals surface area contributed by atoms with Gasteiger partial charge in [0.15, 0.2) is 12.1 Å². The molecule has 3 N–H and O–H groups in total. The van der Waals surface area contributed by atoms with Crippen molar-refractivity contribution in [2.24, 2.45) is 5.92 Å². The number of anilines is 5. The lowest BCUT2D eigenvalue weighted by Gasteiger charge is -2.38. The summed E-state index contributed by atoms with van der Waals surface area (Å²) in [7, 11) is 4.96. The number of piperidine rings is 2. The summed E-state index contributed by atoms with van der Waals surface area (Å²) < 4.78 is 49.3. The van der Waals surface area contributed by atoms with Crippen LogP contribution in [0.25, 0.3) is 0 Å². The number of hydrazine groups is 1. The third-order valence-electron chi connectivity index (χ3n) is 11.4. The Morgan fingerprint density at radius 2 is 1.78 bits per heavy atom. The molecule has 1 unspecified atom stereocenters. The quantitative estimate of drug-likeness (QED) is 0.137. The molecule has 6 rings (SSSR count). The second-order valence-electron chi connectivity index (χ2n) is 16.1. The molecule has 2 aromatic carbocycles. The van der Waals surface area contributed by atoms with E-state index in [1.165, 1.54) is 24.3 Å². The number of benzene rings is 2. The highest BCUT2D eigenvalue weighted by atomic mass is 19.3. The molecule has 1 aromatic heterocycles. The first-order chi connectivity index (χ1) is 28.6. The first-order valence-corrected chi connectivity index (χ1v) is 20.4. The third-order valence-corrected chi connectivity index (χ3v) is 11.4. The van der Waals surface area contributed by atoms with Gasteiger partial charge in [0.05, 0.1) is 42.8 Å². The molecule has 3 aliphatic rings. The van der Waals surface area contributed by atoms with Gasteiger partial charge in [0.2, 0.25) is 17.8 Å². The minimum absolute atomic E-state index is 0.113. The van der Waals surface area contributed by atoms with Crippen LogP contribution < -0.4 is 35.5 Å². The Morgan fingerprint density at radius 3 is 2.42 bits per heavy atom. The molecule has 3 fully saturated rings. The number of hydrogen-bond acceptors (Lipinski definition) is 13. The summed E-state index contributed by atoms with van der Waals surface area (Å²) in [4.78, 5) is 64.6. The summed E-state index contributed by atoms with van der Waals surface area (Å²) in [5.74, 6) is -4.19. The standard InChI is InChI=1S/C42H55F3N10O5/c1-27(2)55(25-42(44,45)26-56)38-35(51(3)4)24-46-41(49-38)47-33-9-6-30(23-36(33)60-5)39(58)50-54-16-13-28(14-17-54)12-15-52-18-20-53(21-19-52)34-10-7-29(22-32(34)43)31-8-11-37(57)48-40(31)59/h6-7,9-10,22-24,26-28,31H,8,11-21,25H2,1-5H3,(H,50,58)(H,46,47,49)(H,48,57,59). The Kier molecular flexibility index (Phi) is 14.2. The lowest BCUT2D eigenvalue weighted by molar-refractivity contribution is -0.134. The van der Waals surface area contributed by atoms with E-state index in [1.54, 1.807) is 63.2 Å². The van der Waals surface area contributed by atoms with Crippen LogP contribution in [0.15, 0.2) is 42.6 Å². The fourth-order valence-corrected chi connectivity index (χ4v) is 7.90. The zero-order valence-corrected chi connectivity index (χ0v) is 34.8. The van der Waals surface area contributed by atoms with Crippen LogP contribution in [0.2, 0.25) is 0 Å². The number of rotatable bonds is 16. The van der Waals surface area contributed by atoms with Crippen LogP contribution in [0.3, 0.4) is 0 Å². The van der Waals surface area contributed by atoms with Gasteiger partial charge in [-0.1, -0.05) is 6.07 Å². The fraction of sp³-hybridized carbons (Fsp3) is 0.524. The minimum Gasteiger partial charge on any atom is -0.495 e. The summed E-state index contributed by atoms with van der Waals surface area (Å²) in [5, 5.41) is 7.36. The number of nitrogens with one attached hydrogen (secondary N) is 3. The van der Waals surface area contributed by atoms with Crippen molar-refractivity contribution in [3.8, 4) is 5.75 Å². The molecule has 4 heterocycles. The summed E-state index contributed by atoms with van der Waals surface area (Å²) in [6.07, 6.45) is 4.69. The van der Waals surface area contributed by atoms with Crippen molar-refractivity contribution in [3.05, 3.63) is 59.5 Å². The number of nitrogens with zero attached hydrogens (tertiary/aromatic N) is 7. The molecule has 0 radical (unpaired) electrons. The number of piperazine rings is 1. The van der Waals surface area contributed by atoms with E-state index in [1.807, 2.05) is 9.91 Å². The van der Waals surface area contributed by atoms with Gasteiger partial charge in [-0.25, -0.2) is 14.4 Å². The van der Waals surface area contributed by atoms with Crippen molar-refractivity contribution in [2.75, 3.05) is 93.6 Å². The molecule has 0 spiro atoms. The molecule has 0 bridgehead atoms. The molecule has 3 aliphatic heterocycles. The summed E-state index contributed by atoms with van der Waals surface area (Å²) in [6.45, 7) is 8.02. The number of aldehydes is 1. The molecule has 60 heavy (non-hydrogen) atoms. The third kappa shape index (κ3) is 10.8. The van der Waals surface area contributed by atoms with Gasteiger partial charge in [-0.15, -0.1) is 0 Å². The van der Waals surface area contributed by atoms with Gasteiger partial charge in [0.25, 0.3) is 5.91 Å². The molecule has 15 nitrogen and oxygen atoms in total. The zero-order chi connectivity index (χ0) is 43.1. The largest absolute Gasteiger partial charge is 0.495 e. The molecular weight excluding hydrogens is 782 g/mol. The van der Waals surface area contributed by atoms with Crippen molar-refractivity contribution in [3.63, 3.8) is 0 Å². The van der Waals surface area contributed by atoms with Crippen molar-refractivity contribution in [2.45, 2.75) is 63.8 Å². The maximum atomic E-state index is 15.2. The van der Waals surface area contributed by atoms with Crippen molar-refractivity contribution >= 4 is 52.8 Å². The second kappa shape index (κ2) is 19.3. The summed E-state index contributed by atoms with van der Waals surface area (Å²) in [6, 6.07) is 9.48. The number of aromatic nitrogens is 2. The van der Waals surface area contributed by atoms with Crippen LogP contribution in [0, 0.1) is 11.7 Å². The Labute approximate surface area is 348 Å². The molecule has 3 saturated heterocycles. The maximum absolute atomic E-state index is 15.2. The molecule has 3 amide bonds. The zero-order valence-electron chi connectivity index (χ0n) is 34.8. The van der Waals surface area contributed by atoms with E-state index in [9.17, 15) is 28.0 Å². The van der Waals surface area contributed by atoms with Gasteiger partial charge in [-0.05, 0) is 87.9 Å².